The molecule has 2 atom stereocenters. The maximum Gasteiger partial charge on any atom is 0.178 e. The molecular weight excluding hydrogens is 284 g/mol. The first-order chi connectivity index (χ1) is 10.1. The van der Waals surface area contributed by atoms with E-state index in [0.29, 0.717) is 17.4 Å². The van der Waals surface area contributed by atoms with Gasteiger partial charge in [0.1, 0.15) is 0 Å². The summed E-state index contributed by atoms with van der Waals surface area (Å²) >= 11 is 0. The van der Waals surface area contributed by atoms with Crippen molar-refractivity contribution in [2.75, 3.05) is 25.4 Å². The number of rotatable bonds is 4. The predicted molar refractivity (Wildman–Crippen MR) is 84.1 cm³/mol. The lowest BCUT2D eigenvalue weighted by Crippen LogP contribution is -2.41. The number of hydrogen-bond donors (Lipinski definition) is 1. The van der Waals surface area contributed by atoms with Gasteiger partial charge < -0.3 is 5.32 Å². The Bertz CT molecular complexity index is 594. The van der Waals surface area contributed by atoms with Crippen LogP contribution in [0.4, 0.5) is 0 Å². The van der Waals surface area contributed by atoms with Crippen LogP contribution < -0.4 is 5.32 Å². The molecule has 0 amide bonds. The van der Waals surface area contributed by atoms with Crippen LogP contribution in [-0.4, -0.2) is 44.7 Å². The van der Waals surface area contributed by atoms with Crippen molar-refractivity contribution >= 4 is 9.84 Å². The summed E-state index contributed by atoms with van der Waals surface area (Å²) in [6.45, 7) is 5.24. The molecule has 0 radical (unpaired) electrons. The minimum atomic E-state index is -3.09. The fourth-order valence-electron chi connectivity index (χ4n) is 3.62. The summed E-state index contributed by atoms with van der Waals surface area (Å²) in [4.78, 5) is 2.98. The zero-order chi connectivity index (χ0) is 14.9. The van der Waals surface area contributed by atoms with Gasteiger partial charge in [0.05, 0.1) is 10.6 Å². The molecule has 3 rings (SSSR count). The van der Waals surface area contributed by atoms with E-state index in [4.69, 9.17) is 0 Å². The Morgan fingerprint density at radius 1 is 1.29 bits per heavy atom. The molecule has 0 bridgehead atoms. The average molecular weight is 308 g/mol. The highest BCUT2D eigenvalue weighted by atomic mass is 32.2. The third-order valence-electron chi connectivity index (χ3n) is 4.74. The van der Waals surface area contributed by atoms with Gasteiger partial charge in [-0.3, -0.25) is 4.90 Å². The van der Waals surface area contributed by atoms with E-state index < -0.39 is 9.84 Å². The number of likely N-dealkylation sites (N-methyl/N-ethyl adjacent to an activating group) is 1. The minimum absolute atomic E-state index is 0.233. The van der Waals surface area contributed by atoms with Crippen LogP contribution in [0.15, 0.2) is 29.2 Å². The molecule has 0 aromatic heterocycles. The second-order valence-electron chi connectivity index (χ2n) is 6.04. The molecule has 116 valence electrons. The van der Waals surface area contributed by atoms with Gasteiger partial charge in [0.2, 0.25) is 0 Å². The summed E-state index contributed by atoms with van der Waals surface area (Å²) < 4.78 is 24.5. The van der Waals surface area contributed by atoms with Crippen molar-refractivity contribution in [3.05, 3.63) is 29.8 Å². The van der Waals surface area contributed by atoms with Gasteiger partial charge in [0, 0.05) is 18.6 Å². The van der Waals surface area contributed by atoms with E-state index in [9.17, 15) is 8.42 Å². The largest absolute Gasteiger partial charge is 0.313 e. The zero-order valence-corrected chi connectivity index (χ0v) is 13.4. The SMILES string of the molecule is CCN(CC1CCCN1)C1CCS(=O)(=O)c2ccccc21. The Labute approximate surface area is 127 Å². The fraction of sp³-hybridized carbons (Fsp3) is 0.625. The zero-order valence-electron chi connectivity index (χ0n) is 12.6. The summed E-state index contributed by atoms with van der Waals surface area (Å²) in [5, 5.41) is 3.54. The van der Waals surface area contributed by atoms with E-state index in [1.165, 1.54) is 12.8 Å². The number of benzene rings is 1. The van der Waals surface area contributed by atoms with Crippen molar-refractivity contribution in [3.8, 4) is 0 Å². The summed E-state index contributed by atoms with van der Waals surface area (Å²) in [6.07, 6.45) is 3.18. The van der Waals surface area contributed by atoms with E-state index in [1.807, 2.05) is 18.2 Å². The van der Waals surface area contributed by atoms with Crippen LogP contribution in [0.1, 0.15) is 37.8 Å². The molecule has 0 spiro atoms. The highest BCUT2D eigenvalue weighted by Gasteiger charge is 2.33. The first-order valence-corrected chi connectivity index (χ1v) is 9.56. The number of nitrogens with one attached hydrogen (secondary N) is 1. The van der Waals surface area contributed by atoms with E-state index in [2.05, 4.69) is 17.1 Å². The molecule has 1 aromatic rings. The molecule has 0 aliphatic carbocycles. The van der Waals surface area contributed by atoms with Gasteiger partial charge >= 0.3 is 0 Å². The molecule has 2 heterocycles. The quantitative estimate of drug-likeness (QED) is 0.924. The summed E-state index contributed by atoms with van der Waals surface area (Å²) in [6, 6.07) is 8.31. The molecule has 0 saturated carbocycles. The molecule has 1 fully saturated rings. The van der Waals surface area contributed by atoms with Crippen LogP contribution in [-0.2, 0) is 9.84 Å². The monoisotopic (exact) mass is 308 g/mol. The third-order valence-corrected chi connectivity index (χ3v) is 6.55. The minimum Gasteiger partial charge on any atom is -0.313 e. The van der Waals surface area contributed by atoms with Gasteiger partial charge in [-0.25, -0.2) is 8.42 Å². The number of hydrogen-bond acceptors (Lipinski definition) is 4. The van der Waals surface area contributed by atoms with E-state index in [1.54, 1.807) is 6.07 Å². The van der Waals surface area contributed by atoms with Crippen LogP contribution >= 0.6 is 0 Å². The van der Waals surface area contributed by atoms with Crippen LogP contribution in [0.25, 0.3) is 0 Å². The molecule has 1 saturated heterocycles. The number of nitrogens with zero attached hydrogens (tertiary/aromatic N) is 1. The van der Waals surface area contributed by atoms with Gasteiger partial charge in [-0.15, -0.1) is 0 Å². The van der Waals surface area contributed by atoms with Crippen molar-refractivity contribution < 1.29 is 8.42 Å². The Morgan fingerprint density at radius 3 is 2.81 bits per heavy atom. The predicted octanol–water partition coefficient (Wildman–Crippen LogP) is 1.98. The van der Waals surface area contributed by atoms with Crippen molar-refractivity contribution in [3.63, 3.8) is 0 Å². The number of sulfone groups is 1. The van der Waals surface area contributed by atoms with Crippen LogP contribution in [0.3, 0.4) is 0 Å². The van der Waals surface area contributed by atoms with Gasteiger partial charge in [-0.1, -0.05) is 25.1 Å². The van der Waals surface area contributed by atoms with Gasteiger partial charge in [0.15, 0.2) is 9.84 Å². The lowest BCUT2D eigenvalue weighted by molar-refractivity contribution is 0.181. The molecular formula is C16H24N2O2S. The van der Waals surface area contributed by atoms with Gasteiger partial charge in [-0.05, 0) is 44.0 Å². The topological polar surface area (TPSA) is 49.4 Å². The molecule has 21 heavy (non-hydrogen) atoms. The molecule has 2 aliphatic heterocycles. The Hall–Kier alpha value is -0.910. The van der Waals surface area contributed by atoms with E-state index >= 15 is 0 Å². The Kier molecular flexibility index (Phi) is 4.33. The fourth-order valence-corrected chi connectivity index (χ4v) is 5.23. The van der Waals surface area contributed by atoms with Crippen molar-refractivity contribution in [1.82, 2.24) is 10.2 Å². The first kappa shape index (κ1) is 15.0. The van der Waals surface area contributed by atoms with Crippen LogP contribution in [0.2, 0.25) is 0 Å². The summed E-state index contributed by atoms with van der Waals surface area (Å²) in [5.41, 5.74) is 0.989. The standard InChI is InChI=1S/C16H24N2O2S/c1-2-18(12-13-6-5-10-17-13)15-9-11-21(19,20)16-8-4-3-7-14(15)16/h3-4,7-8,13,15,17H,2,5-6,9-12H2,1H3. The first-order valence-electron chi connectivity index (χ1n) is 7.91. The van der Waals surface area contributed by atoms with Crippen LogP contribution in [0, 0.1) is 0 Å². The smallest absolute Gasteiger partial charge is 0.178 e. The van der Waals surface area contributed by atoms with Crippen molar-refractivity contribution in [2.45, 2.75) is 43.2 Å². The van der Waals surface area contributed by atoms with Crippen molar-refractivity contribution in [1.29, 1.82) is 0 Å². The second kappa shape index (κ2) is 6.07. The highest BCUT2D eigenvalue weighted by Crippen LogP contribution is 2.36. The molecule has 1 N–H and O–H groups in total. The number of fused-ring (bicyclic) bond motifs is 1. The molecule has 2 aliphatic rings. The molecule has 5 heteroatoms. The third kappa shape index (κ3) is 3.00. The Balaban J connectivity index is 1.87. The summed E-state index contributed by atoms with van der Waals surface area (Å²) in [7, 11) is -3.09. The molecule has 4 nitrogen and oxygen atoms in total. The van der Waals surface area contributed by atoms with E-state index in [0.717, 1.165) is 25.2 Å². The maximum absolute atomic E-state index is 12.2. The van der Waals surface area contributed by atoms with Crippen LogP contribution in [0.5, 0.6) is 0 Å². The highest BCUT2D eigenvalue weighted by molar-refractivity contribution is 7.91. The van der Waals surface area contributed by atoms with Crippen molar-refractivity contribution in [2.24, 2.45) is 0 Å². The van der Waals surface area contributed by atoms with E-state index in [-0.39, 0.29) is 11.8 Å². The van der Waals surface area contributed by atoms with Gasteiger partial charge in [0.25, 0.3) is 0 Å². The lowest BCUT2D eigenvalue weighted by Gasteiger charge is -2.36. The second-order valence-corrected chi connectivity index (χ2v) is 8.12. The lowest BCUT2D eigenvalue weighted by atomic mass is 10.0. The normalized spacial score (nSPS) is 27.7. The Morgan fingerprint density at radius 2 is 2.10 bits per heavy atom. The molecule has 1 aromatic carbocycles. The van der Waals surface area contributed by atoms with Gasteiger partial charge in [-0.2, -0.15) is 0 Å². The molecule has 2 unspecified atom stereocenters. The summed E-state index contributed by atoms with van der Waals surface area (Å²) in [5.74, 6) is 0.267. The maximum atomic E-state index is 12.2. The average Bonchev–Trinajstić information content (AvgIpc) is 2.99.